The minimum absolute atomic E-state index is 0.0474. The van der Waals surface area contributed by atoms with Gasteiger partial charge >= 0.3 is 18.5 Å². The van der Waals surface area contributed by atoms with E-state index >= 15 is 0 Å². The molecule has 15 heteroatoms. The second kappa shape index (κ2) is 12.1. The highest BCUT2D eigenvalue weighted by atomic mass is 19.4. The molecule has 1 aliphatic rings. The minimum atomic E-state index is -5.36. The Bertz CT molecular complexity index is 1150. The third-order valence-corrected chi connectivity index (χ3v) is 5.88. The molecule has 1 aliphatic carbocycles. The van der Waals surface area contributed by atoms with Gasteiger partial charge in [0.1, 0.15) is 11.6 Å². The summed E-state index contributed by atoms with van der Waals surface area (Å²) in [6.07, 6.45) is -8.73. The number of benzene rings is 1. The van der Waals surface area contributed by atoms with Crippen LogP contribution in [0.1, 0.15) is 41.6 Å². The van der Waals surface area contributed by atoms with Crippen LogP contribution in [-0.2, 0) is 9.53 Å². The zero-order valence-corrected chi connectivity index (χ0v) is 21.2. The molecule has 0 spiro atoms. The fraction of sp³-hybridized carbons (Fsp3) is 0.500. The molecule has 9 nitrogen and oxygen atoms in total. The van der Waals surface area contributed by atoms with E-state index in [9.17, 15) is 35.9 Å². The Morgan fingerprint density at radius 3 is 2.13 bits per heavy atom. The Labute approximate surface area is 219 Å². The SMILES string of the molecule is Cc1cnc(NC2CCC(NC(OC(=O)C(F)(F)F)C(=O)c3ccc(OC(F)(F)F)cc3)CC2)nc1N(C)C. The maximum atomic E-state index is 12.9. The molecule has 0 saturated heterocycles. The second-order valence-electron chi connectivity index (χ2n) is 9.17. The van der Waals surface area contributed by atoms with Crippen molar-refractivity contribution >= 4 is 23.5 Å². The molecule has 2 aromatic rings. The zero-order valence-electron chi connectivity index (χ0n) is 21.2. The van der Waals surface area contributed by atoms with Crippen LogP contribution in [-0.4, -0.2) is 66.7 Å². The molecule has 1 fully saturated rings. The maximum Gasteiger partial charge on any atom is 0.573 e. The summed E-state index contributed by atoms with van der Waals surface area (Å²) in [5.41, 5.74) is 0.616. The van der Waals surface area contributed by atoms with Crippen molar-refractivity contribution in [1.82, 2.24) is 15.3 Å². The largest absolute Gasteiger partial charge is 0.573 e. The third-order valence-electron chi connectivity index (χ3n) is 5.88. The van der Waals surface area contributed by atoms with Gasteiger partial charge in [-0.25, -0.2) is 9.78 Å². The first-order chi connectivity index (χ1) is 18.1. The zero-order chi connectivity index (χ0) is 29.0. The van der Waals surface area contributed by atoms with Crippen LogP contribution < -0.4 is 20.3 Å². The van der Waals surface area contributed by atoms with Gasteiger partial charge in [-0.1, -0.05) is 0 Å². The minimum Gasteiger partial charge on any atom is -0.432 e. The molecule has 1 saturated carbocycles. The fourth-order valence-electron chi connectivity index (χ4n) is 4.07. The topological polar surface area (TPSA) is 106 Å². The molecule has 39 heavy (non-hydrogen) atoms. The number of rotatable bonds is 9. The molecule has 1 aromatic carbocycles. The summed E-state index contributed by atoms with van der Waals surface area (Å²) in [5.74, 6) is -3.10. The van der Waals surface area contributed by atoms with Crippen molar-refractivity contribution in [3.05, 3.63) is 41.6 Å². The summed E-state index contributed by atoms with van der Waals surface area (Å²) in [7, 11) is 3.70. The lowest BCUT2D eigenvalue weighted by Gasteiger charge is -2.32. The molecule has 214 valence electrons. The summed E-state index contributed by atoms with van der Waals surface area (Å²) in [6, 6.07) is 2.99. The standard InChI is InChI=1S/C24H27F6N5O4/c1-13-12-31-22(34-19(13)35(2)3)33-16-8-6-15(7-9-16)32-20(38-21(37)23(25,26)27)18(36)14-4-10-17(11-5-14)39-24(28,29)30/h4-5,10-12,15-16,20,32H,6-9H2,1-3H3,(H,31,33,34). The Balaban J connectivity index is 1.66. The Hall–Kier alpha value is -3.62. The normalized spacial score (nSPS) is 18.7. The Morgan fingerprint density at radius 1 is 1.00 bits per heavy atom. The predicted octanol–water partition coefficient (Wildman–Crippen LogP) is 4.38. The van der Waals surface area contributed by atoms with Gasteiger partial charge in [0.05, 0.1) is 0 Å². The van der Waals surface area contributed by atoms with Gasteiger partial charge in [-0.05, 0) is 56.9 Å². The first kappa shape index (κ1) is 29.9. The van der Waals surface area contributed by atoms with Gasteiger partial charge in [0.2, 0.25) is 18.0 Å². The number of halogens is 6. The van der Waals surface area contributed by atoms with E-state index < -0.39 is 42.3 Å². The number of nitrogens with zero attached hydrogens (tertiary/aromatic N) is 3. The highest BCUT2D eigenvalue weighted by molar-refractivity contribution is 6.00. The average molecular weight is 563 g/mol. The van der Waals surface area contributed by atoms with E-state index in [1.54, 1.807) is 6.20 Å². The number of alkyl halides is 6. The Kier molecular flexibility index (Phi) is 9.25. The molecule has 1 heterocycles. The molecule has 2 N–H and O–H groups in total. The van der Waals surface area contributed by atoms with E-state index in [0.29, 0.717) is 31.6 Å². The van der Waals surface area contributed by atoms with Crippen molar-refractivity contribution in [3.63, 3.8) is 0 Å². The third kappa shape index (κ3) is 8.70. The van der Waals surface area contributed by atoms with Crippen LogP contribution in [0.25, 0.3) is 0 Å². The molecular weight excluding hydrogens is 536 g/mol. The summed E-state index contributed by atoms with van der Waals surface area (Å²) in [5, 5.41) is 5.89. The first-order valence-electron chi connectivity index (χ1n) is 11.8. The van der Waals surface area contributed by atoms with Gasteiger partial charge in [-0.3, -0.25) is 10.1 Å². The van der Waals surface area contributed by atoms with E-state index in [-0.39, 0.29) is 11.6 Å². The lowest BCUT2D eigenvalue weighted by atomic mass is 9.91. The number of esters is 1. The van der Waals surface area contributed by atoms with Gasteiger partial charge in [-0.2, -0.15) is 18.2 Å². The van der Waals surface area contributed by atoms with E-state index in [0.717, 1.165) is 35.6 Å². The molecule has 0 aliphatic heterocycles. The van der Waals surface area contributed by atoms with Crippen LogP contribution in [0, 0.1) is 6.92 Å². The second-order valence-corrected chi connectivity index (χ2v) is 9.17. The number of nitrogens with one attached hydrogen (secondary N) is 2. The number of hydrogen-bond donors (Lipinski definition) is 2. The van der Waals surface area contributed by atoms with Gasteiger partial charge < -0.3 is 19.7 Å². The van der Waals surface area contributed by atoms with Crippen LogP contribution in [0.4, 0.5) is 38.1 Å². The van der Waals surface area contributed by atoms with Crippen molar-refractivity contribution in [2.75, 3.05) is 24.3 Å². The van der Waals surface area contributed by atoms with Crippen molar-refractivity contribution in [3.8, 4) is 5.75 Å². The van der Waals surface area contributed by atoms with E-state index in [1.165, 1.54) is 0 Å². The maximum absolute atomic E-state index is 12.9. The van der Waals surface area contributed by atoms with E-state index in [1.807, 2.05) is 25.9 Å². The smallest absolute Gasteiger partial charge is 0.432 e. The highest BCUT2D eigenvalue weighted by Crippen LogP contribution is 2.26. The van der Waals surface area contributed by atoms with Gasteiger partial charge in [-0.15, -0.1) is 13.2 Å². The summed E-state index contributed by atoms with van der Waals surface area (Å²) in [4.78, 5) is 35.0. The van der Waals surface area contributed by atoms with Crippen molar-refractivity contribution in [2.45, 2.75) is 63.5 Å². The average Bonchev–Trinajstić information content (AvgIpc) is 2.84. The molecule has 0 amide bonds. The van der Waals surface area contributed by atoms with Gasteiger partial charge in [0, 0.05) is 43.5 Å². The van der Waals surface area contributed by atoms with Crippen LogP contribution in [0.5, 0.6) is 5.75 Å². The number of aryl methyl sites for hydroxylation is 1. The summed E-state index contributed by atoms with van der Waals surface area (Å²) < 4.78 is 83.9. The monoisotopic (exact) mass is 563 g/mol. The van der Waals surface area contributed by atoms with Crippen molar-refractivity contribution < 1.29 is 45.4 Å². The quantitative estimate of drug-likeness (QED) is 0.199. The molecule has 3 rings (SSSR count). The molecular formula is C24H27F6N5O4. The lowest BCUT2D eigenvalue weighted by molar-refractivity contribution is -0.274. The van der Waals surface area contributed by atoms with E-state index in [4.69, 9.17) is 0 Å². The number of hydrogen-bond acceptors (Lipinski definition) is 9. The number of aromatic nitrogens is 2. The molecule has 0 bridgehead atoms. The predicted molar refractivity (Wildman–Crippen MR) is 127 cm³/mol. The number of carbonyl (C=O) groups excluding carboxylic acids is 2. The molecule has 1 unspecified atom stereocenters. The fourth-order valence-corrected chi connectivity index (χ4v) is 4.07. The Morgan fingerprint density at radius 2 is 1.59 bits per heavy atom. The number of ketones is 1. The number of anilines is 2. The van der Waals surface area contributed by atoms with Crippen molar-refractivity contribution in [2.24, 2.45) is 0 Å². The van der Waals surface area contributed by atoms with Crippen LogP contribution in [0.15, 0.2) is 30.5 Å². The number of Topliss-reactive ketones (excluding diaryl/α,β-unsaturated/α-hetero) is 1. The van der Waals surface area contributed by atoms with Crippen LogP contribution in [0.2, 0.25) is 0 Å². The summed E-state index contributed by atoms with van der Waals surface area (Å²) >= 11 is 0. The number of ether oxygens (including phenoxy) is 2. The van der Waals surface area contributed by atoms with Crippen molar-refractivity contribution in [1.29, 1.82) is 0 Å². The van der Waals surface area contributed by atoms with Crippen LogP contribution >= 0.6 is 0 Å². The molecule has 1 aromatic heterocycles. The first-order valence-corrected chi connectivity index (χ1v) is 11.8. The number of carbonyl (C=O) groups is 2. The van der Waals surface area contributed by atoms with Gasteiger partial charge in [0.25, 0.3) is 0 Å². The molecule has 0 radical (unpaired) electrons. The lowest BCUT2D eigenvalue weighted by Crippen LogP contribution is -2.49. The van der Waals surface area contributed by atoms with Gasteiger partial charge in [0.15, 0.2) is 0 Å². The highest BCUT2D eigenvalue weighted by Gasteiger charge is 2.44. The van der Waals surface area contributed by atoms with Crippen LogP contribution in [0.3, 0.4) is 0 Å². The summed E-state index contributed by atoms with van der Waals surface area (Å²) in [6.45, 7) is 1.88. The molecule has 1 atom stereocenters. The van der Waals surface area contributed by atoms with E-state index in [2.05, 4.69) is 30.1 Å².